The Morgan fingerprint density at radius 1 is 1.53 bits per heavy atom. The highest BCUT2D eigenvalue weighted by Crippen LogP contribution is 2.17. The number of thiocarbonyl (C=S) groups is 1. The molecule has 88 valence electrons. The van der Waals surface area contributed by atoms with Crippen molar-refractivity contribution in [2.75, 3.05) is 0 Å². The molecule has 3 nitrogen and oxygen atoms in total. The van der Waals surface area contributed by atoms with E-state index >= 15 is 0 Å². The van der Waals surface area contributed by atoms with Crippen molar-refractivity contribution in [1.29, 1.82) is 0 Å². The molecule has 0 aliphatic heterocycles. The molecule has 1 aromatic carbocycles. The van der Waals surface area contributed by atoms with Crippen LogP contribution >= 0.6 is 28.1 Å². The van der Waals surface area contributed by atoms with E-state index in [2.05, 4.69) is 20.9 Å². The predicted octanol–water partition coefficient (Wildman–Crippen LogP) is 2.47. The minimum absolute atomic E-state index is 0.246. The van der Waals surface area contributed by atoms with Crippen molar-refractivity contribution in [3.05, 3.63) is 52.3 Å². The Hall–Kier alpha value is -1.27. The number of benzene rings is 1. The summed E-state index contributed by atoms with van der Waals surface area (Å²) < 4.78 is 15.3. The SMILES string of the molecule is NC(=S)c1nccn1Cc1ccc(F)c(Br)c1. The summed E-state index contributed by atoms with van der Waals surface area (Å²) in [5, 5.41) is 0. The third-order valence-electron chi connectivity index (χ3n) is 2.27. The van der Waals surface area contributed by atoms with Crippen LogP contribution in [-0.4, -0.2) is 14.5 Å². The predicted molar refractivity (Wildman–Crippen MR) is 71.3 cm³/mol. The summed E-state index contributed by atoms with van der Waals surface area (Å²) >= 11 is 8.04. The second-order valence-corrected chi connectivity index (χ2v) is 4.79. The molecule has 0 aliphatic carbocycles. The van der Waals surface area contributed by atoms with Gasteiger partial charge in [-0.3, -0.25) is 0 Å². The van der Waals surface area contributed by atoms with Crippen LogP contribution in [-0.2, 0) is 6.54 Å². The molecule has 0 saturated heterocycles. The van der Waals surface area contributed by atoms with Gasteiger partial charge >= 0.3 is 0 Å². The topological polar surface area (TPSA) is 43.8 Å². The van der Waals surface area contributed by atoms with Crippen molar-refractivity contribution in [3.8, 4) is 0 Å². The Kier molecular flexibility index (Phi) is 3.54. The van der Waals surface area contributed by atoms with Crippen LogP contribution in [0.2, 0.25) is 0 Å². The summed E-state index contributed by atoms with van der Waals surface area (Å²) in [7, 11) is 0. The summed E-state index contributed by atoms with van der Waals surface area (Å²) in [6.07, 6.45) is 3.42. The maximum Gasteiger partial charge on any atom is 0.167 e. The summed E-state index contributed by atoms with van der Waals surface area (Å²) in [6, 6.07) is 4.85. The fourth-order valence-corrected chi connectivity index (χ4v) is 2.09. The van der Waals surface area contributed by atoms with Crippen molar-refractivity contribution < 1.29 is 4.39 Å². The highest BCUT2D eigenvalue weighted by molar-refractivity contribution is 9.10. The molecule has 1 heterocycles. The maximum absolute atomic E-state index is 13.1. The van der Waals surface area contributed by atoms with Crippen molar-refractivity contribution in [1.82, 2.24) is 9.55 Å². The molecule has 17 heavy (non-hydrogen) atoms. The molecule has 0 unspecified atom stereocenters. The molecule has 0 radical (unpaired) electrons. The fourth-order valence-electron chi connectivity index (χ4n) is 1.50. The summed E-state index contributed by atoms with van der Waals surface area (Å²) in [4.78, 5) is 4.31. The summed E-state index contributed by atoms with van der Waals surface area (Å²) in [6.45, 7) is 0.547. The van der Waals surface area contributed by atoms with E-state index in [1.54, 1.807) is 24.5 Å². The zero-order valence-electron chi connectivity index (χ0n) is 8.73. The molecule has 6 heteroatoms. The molecule has 0 amide bonds. The minimum atomic E-state index is -0.283. The van der Waals surface area contributed by atoms with E-state index < -0.39 is 0 Å². The molecule has 0 bridgehead atoms. The second-order valence-electron chi connectivity index (χ2n) is 3.49. The number of nitrogens with two attached hydrogens (primary N) is 1. The van der Waals surface area contributed by atoms with Crippen LogP contribution in [0, 0.1) is 5.82 Å². The van der Waals surface area contributed by atoms with Crippen LogP contribution < -0.4 is 5.73 Å². The van der Waals surface area contributed by atoms with E-state index in [9.17, 15) is 4.39 Å². The molecular weight excluding hydrogens is 305 g/mol. The Morgan fingerprint density at radius 2 is 2.29 bits per heavy atom. The van der Waals surface area contributed by atoms with Gasteiger partial charge in [0.2, 0.25) is 0 Å². The Bertz CT molecular complexity index is 568. The van der Waals surface area contributed by atoms with Crippen LogP contribution in [0.3, 0.4) is 0 Å². The first kappa shape index (κ1) is 12.2. The van der Waals surface area contributed by atoms with Crippen LogP contribution in [0.5, 0.6) is 0 Å². The van der Waals surface area contributed by atoms with Gasteiger partial charge in [-0.1, -0.05) is 18.3 Å². The fraction of sp³-hybridized carbons (Fsp3) is 0.0909. The van der Waals surface area contributed by atoms with E-state index in [-0.39, 0.29) is 10.8 Å². The average Bonchev–Trinajstić information content (AvgIpc) is 2.72. The summed E-state index contributed by atoms with van der Waals surface area (Å²) in [5.74, 6) is 0.273. The van der Waals surface area contributed by atoms with Crippen molar-refractivity contribution in [3.63, 3.8) is 0 Å². The van der Waals surface area contributed by atoms with Gasteiger partial charge in [0.15, 0.2) is 5.82 Å². The number of nitrogens with zero attached hydrogens (tertiary/aromatic N) is 2. The van der Waals surface area contributed by atoms with Gasteiger partial charge < -0.3 is 10.3 Å². The molecular formula is C11H9BrFN3S. The first-order valence-electron chi connectivity index (χ1n) is 4.83. The Balaban J connectivity index is 2.28. The van der Waals surface area contributed by atoms with Gasteiger partial charge in [-0.25, -0.2) is 9.37 Å². The number of aromatic nitrogens is 2. The van der Waals surface area contributed by atoms with Gasteiger partial charge in [0.05, 0.1) is 4.47 Å². The maximum atomic E-state index is 13.1. The number of halogens is 2. The zero-order chi connectivity index (χ0) is 12.4. The molecule has 0 fully saturated rings. The van der Waals surface area contributed by atoms with Gasteiger partial charge in [-0.15, -0.1) is 0 Å². The lowest BCUT2D eigenvalue weighted by atomic mass is 10.2. The molecule has 0 aliphatic rings. The lowest BCUT2D eigenvalue weighted by Gasteiger charge is -2.07. The van der Waals surface area contributed by atoms with Crippen molar-refractivity contribution in [2.45, 2.75) is 6.54 Å². The quantitative estimate of drug-likeness (QED) is 0.885. The highest BCUT2D eigenvalue weighted by atomic mass is 79.9. The van der Waals surface area contributed by atoms with Crippen molar-refractivity contribution >= 4 is 33.1 Å². The number of imidazole rings is 1. The molecule has 0 atom stereocenters. The molecule has 0 saturated carbocycles. The van der Waals surface area contributed by atoms with E-state index in [0.29, 0.717) is 16.8 Å². The normalized spacial score (nSPS) is 10.5. The van der Waals surface area contributed by atoms with Crippen molar-refractivity contribution in [2.24, 2.45) is 5.73 Å². The van der Waals surface area contributed by atoms with Crippen LogP contribution in [0.15, 0.2) is 35.1 Å². The number of rotatable bonds is 3. The van der Waals surface area contributed by atoms with Gasteiger partial charge in [-0.05, 0) is 33.6 Å². The van der Waals surface area contributed by atoms with E-state index in [1.165, 1.54) is 6.07 Å². The van der Waals surface area contributed by atoms with Crippen LogP contribution in [0.1, 0.15) is 11.4 Å². The lowest BCUT2D eigenvalue weighted by molar-refractivity contribution is 0.619. The second kappa shape index (κ2) is 4.93. The van der Waals surface area contributed by atoms with Gasteiger partial charge in [0.25, 0.3) is 0 Å². The summed E-state index contributed by atoms with van der Waals surface area (Å²) in [5.41, 5.74) is 6.48. The molecule has 0 spiro atoms. The third-order valence-corrected chi connectivity index (χ3v) is 3.06. The average molecular weight is 314 g/mol. The first-order chi connectivity index (χ1) is 8.08. The molecule has 1 aromatic heterocycles. The van der Waals surface area contributed by atoms with E-state index in [4.69, 9.17) is 18.0 Å². The van der Waals surface area contributed by atoms with Gasteiger partial charge in [0.1, 0.15) is 10.8 Å². The first-order valence-corrected chi connectivity index (χ1v) is 6.03. The molecule has 2 aromatic rings. The van der Waals surface area contributed by atoms with E-state index in [0.717, 1.165) is 5.56 Å². The standard InChI is InChI=1S/C11H9BrFN3S/c12-8-5-7(1-2-9(8)13)6-16-4-3-15-11(16)10(14)17/h1-5H,6H2,(H2,14,17). The monoisotopic (exact) mass is 313 g/mol. The molecule has 2 N–H and O–H groups in total. The zero-order valence-corrected chi connectivity index (χ0v) is 11.1. The number of hydrogen-bond donors (Lipinski definition) is 1. The smallest absolute Gasteiger partial charge is 0.167 e. The highest BCUT2D eigenvalue weighted by Gasteiger charge is 2.07. The Labute approximate surface area is 112 Å². The largest absolute Gasteiger partial charge is 0.387 e. The van der Waals surface area contributed by atoms with Gasteiger partial charge in [0, 0.05) is 18.9 Å². The van der Waals surface area contributed by atoms with Gasteiger partial charge in [-0.2, -0.15) is 0 Å². The van der Waals surface area contributed by atoms with E-state index in [1.807, 2.05) is 4.57 Å². The Morgan fingerprint density at radius 3 is 2.94 bits per heavy atom. The minimum Gasteiger partial charge on any atom is -0.387 e. The number of hydrogen-bond acceptors (Lipinski definition) is 2. The molecule has 2 rings (SSSR count). The van der Waals surface area contributed by atoms with Crippen LogP contribution in [0.4, 0.5) is 4.39 Å². The lowest BCUT2D eigenvalue weighted by Crippen LogP contribution is -2.17. The van der Waals surface area contributed by atoms with Crippen LogP contribution in [0.25, 0.3) is 0 Å². The third kappa shape index (κ3) is 2.70.